The number of halogens is 1. The number of hydrogen-bond acceptors (Lipinski definition) is 4. The van der Waals surface area contributed by atoms with Gasteiger partial charge in [0.25, 0.3) is 0 Å². The first-order valence-corrected chi connectivity index (χ1v) is 8.52. The van der Waals surface area contributed by atoms with E-state index in [9.17, 15) is 4.79 Å². The van der Waals surface area contributed by atoms with Crippen LogP contribution in [0.3, 0.4) is 0 Å². The zero-order valence-corrected chi connectivity index (χ0v) is 13.9. The van der Waals surface area contributed by atoms with E-state index in [1.807, 2.05) is 12.1 Å². The van der Waals surface area contributed by atoms with Crippen molar-refractivity contribution in [1.29, 1.82) is 0 Å². The zero-order valence-electron chi connectivity index (χ0n) is 12.3. The van der Waals surface area contributed by atoms with Crippen molar-refractivity contribution in [2.24, 2.45) is 5.92 Å². The van der Waals surface area contributed by atoms with E-state index in [0.717, 1.165) is 12.1 Å². The second kappa shape index (κ2) is 7.80. The summed E-state index contributed by atoms with van der Waals surface area (Å²) in [5.41, 5.74) is 1.03. The summed E-state index contributed by atoms with van der Waals surface area (Å²) >= 11 is 7.74. The molecule has 1 aromatic rings. The summed E-state index contributed by atoms with van der Waals surface area (Å²) in [6.45, 7) is 5.93. The Morgan fingerprint density at radius 3 is 2.90 bits per heavy atom. The molecular weight excluding hydrogens is 310 g/mol. The Hall–Kier alpha value is -1.07. The van der Waals surface area contributed by atoms with Gasteiger partial charge in [-0.05, 0) is 23.6 Å². The van der Waals surface area contributed by atoms with Crippen LogP contribution in [-0.4, -0.2) is 31.4 Å². The second-order valence-electron chi connectivity index (χ2n) is 5.29. The van der Waals surface area contributed by atoms with Crippen LogP contribution in [0.5, 0.6) is 11.5 Å². The number of carbonyl (C=O) groups is 1. The topological polar surface area (TPSA) is 47.6 Å². The Balaban J connectivity index is 1.83. The molecule has 1 amide bonds. The SMILES string of the molecule is CC(C)CNC(=O)CSCc1cc(Cl)c2c(c1)OCCO2. The Bertz CT molecular complexity index is 508. The number of fused-ring (bicyclic) bond motifs is 1. The molecule has 1 aliphatic heterocycles. The lowest BCUT2D eigenvalue weighted by molar-refractivity contribution is -0.118. The molecular formula is C15H20ClNO3S. The minimum atomic E-state index is 0.0670. The van der Waals surface area contributed by atoms with Crippen LogP contribution in [0.1, 0.15) is 19.4 Å². The Morgan fingerprint density at radius 2 is 2.14 bits per heavy atom. The third kappa shape index (κ3) is 5.00. The fraction of sp³-hybridized carbons (Fsp3) is 0.533. The maximum atomic E-state index is 11.6. The van der Waals surface area contributed by atoms with Crippen LogP contribution in [-0.2, 0) is 10.5 Å². The molecule has 0 aliphatic carbocycles. The first-order chi connectivity index (χ1) is 10.1. The number of hydrogen-bond donors (Lipinski definition) is 1. The van der Waals surface area contributed by atoms with Crippen molar-refractivity contribution in [2.75, 3.05) is 25.5 Å². The van der Waals surface area contributed by atoms with Gasteiger partial charge in [-0.2, -0.15) is 0 Å². The highest BCUT2D eigenvalue weighted by molar-refractivity contribution is 7.99. The van der Waals surface area contributed by atoms with Crippen molar-refractivity contribution >= 4 is 29.3 Å². The normalized spacial score (nSPS) is 13.3. The minimum absolute atomic E-state index is 0.0670. The van der Waals surface area contributed by atoms with E-state index in [2.05, 4.69) is 19.2 Å². The molecule has 0 radical (unpaired) electrons. The molecule has 0 atom stereocenters. The molecule has 1 heterocycles. The van der Waals surface area contributed by atoms with E-state index in [1.165, 1.54) is 0 Å². The largest absolute Gasteiger partial charge is 0.486 e. The average molecular weight is 330 g/mol. The standard InChI is InChI=1S/C15H20ClNO3S/c1-10(2)7-17-14(18)9-21-8-11-5-12(16)15-13(6-11)19-3-4-20-15/h5-6,10H,3-4,7-9H2,1-2H3,(H,17,18). The molecule has 21 heavy (non-hydrogen) atoms. The molecule has 0 saturated heterocycles. The summed E-state index contributed by atoms with van der Waals surface area (Å²) in [5.74, 6) is 3.00. The molecule has 0 bridgehead atoms. The van der Waals surface area contributed by atoms with Crippen LogP contribution in [0.4, 0.5) is 0 Å². The number of rotatable bonds is 6. The first kappa shape index (κ1) is 16.3. The summed E-state index contributed by atoms with van der Waals surface area (Å²) in [7, 11) is 0. The predicted molar refractivity (Wildman–Crippen MR) is 86.5 cm³/mol. The Kier molecular flexibility index (Phi) is 6.06. The highest BCUT2D eigenvalue weighted by Gasteiger charge is 2.16. The highest BCUT2D eigenvalue weighted by atomic mass is 35.5. The third-order valence-electron chi connectivity index (χ3n) is 2.87. The van der Waals surface area contributed by atoms with E-state index in [4.69, 9.17) is 21.1 Å². The van der Waals surface area contributed by atoms with Gasteiger partial charge in [0.15, 0.2) is 11.5 Å². The smallest absolute Gasteiger partial charge is 0.230 e. The predicted octanol–water partition coefficient (Wildman–Crippen LogP) is 3.12. The van der Waals surface area contributed by atoms with Crippen molar-refractivity contribution in [3.63, 3.8) is 0 Å². The summed E-state index contributed by atoms with van der Waals surface area (Å²) < 4.78 is 11.0. The Labute approximate surface area is 134 Å². The summed E-state index contributed by atoms with van der Waals surface area (Å²) in [4.78, 5) is 11.6. The maximum absolute atomic E-state index is 11.6. The second-order valence-corrected chi connectivity index (χ2v) is 6.69. The minimum Gasteiger partial charge on any atom is -0.486 e. The van der Waals surface area contributed by atoms with Gasteiger partial charge in [-0.1, -0.05) is 25.4 Å². The van der Waals surface area contributed by atoms with E-state index in [-0.39, 0.29) is 5.91 Å². The van der Waals surface area contributed by atoms with Crippen molar-refractivity contribution in [3.8, 4) is 11.5 Å². The summed E-state index contributed by atoms with van der Waals surface area (Å²) in [6.07, 6.45) is 0. The molecule has 2 rings (SSSR count). The lowest BCUT2D eigenvalue weighted by Crippen LogP contribution is -2.28. The molecule has 0 aromatic heterocycles. The van der Waals surface area contributed by atoms with Gasteiger partial charge in [-0.25, -0.2) is 0 Å². The van der Waals surface area contributed by atoms with Gasteiger partial charge < -0.3 is 14.8 Å². The first-order valence-electron chi connectivity index (χ1n) is 6.98. The number of amides is 1. The molecule has 1 aromatic carbocycles. The number of thioether (sulfide) groups is 1. The fourth-order valence-electron chi connectivity index (χ4n) is 1.88. The molecule has 4 nitrogen and oxygen atoms in total. The summed E-state index contributed by atoms with van der Waals surface area (Å²) in [6, 6.07) is 3.80. The van der Waals surface area contributed by atoms with Crippen LogP contribution in [0.15, 0.2) is 12.1 Å². The zero-order chi connectivity index (χ0) is 15.2. The van der Waals surface area contributed by atoms with Gasteiger partial charge >= 0.3 is 0 Å². The number of carbonyl (C=O) groups excluding carboxylic acids is 1. The monoisotopic (exact) mass is 329 g/mol. The lowest BCUT2D eigenvalue weighted by atomic mass is 10.2. The van der Waals surface area contributed by atoms with Gasteiger partial charge in [0.1, 0.15) is 13.2 Å². The highest BCUT2D eigenvalue weighted by Crippen LogP contribution is 2.39. The fourth-order valence-corrected chi connectivity index (χ4v) is 2.96. The summed E-state index contributed by atoms with van der Waals surface area (Å²) in [5, 5.41) is 3.46. The van der Waals surface area contributed by atoms with Crippen LogP contribution in [0.25, 0.3) is 0 Å². The number of nitrogens with one attached hydrogen (secondary N) is 1. The third-order valence-corrected chi connectivity index (χ3v) is 4.15. The van der Waals surface area contributed by atoms with E-state index >= 15 is 0 Å². The van der Waals surface area contributed by atoms with Crippen LogP contribution >= 0.6 is 23.4 Å². The van der Waals surface area contributed by atoms with Gasteiger partial charge in [-0.3, -0.25) is 4.79 Å². The molecule has 0 spiro atoms. The van der Waals surface area contributed by atoms with Gasteiger partial charge in [0.05, 0.1) is 10.8 Å². The van der Waals surface area contributed by atoms with Crippen molar-refractivity contribution < 1.29 is 14.3 Å². The van der Waals surface area contributed by atoms with Crippen LogP contribution < -0.4 is 14.8 Å². The Morgan fingerprint density at radius 1 is 1.38 bits per heavy atom. The van der Waals surface area contributed by atoms with Crippen LogP contribution in [0.2, 0.25) is 5.02 Å². The van der Waals surface area contributed by atoms with E-state index < -0.39 is 0 Å². The van der Waals surface area contributed by atoms with Crippen molar-refractivity contribution in [3.05, 3.63) is 22.7 Å². The molecule has 116 valence electrons. The average Bonchev–Trinajstić information content (AvgIpc) is 2.45. The van der Waals surface area contributed by atoms with Crippen LogP contribution in [0, 0.1) is 5.92 Å². The molecule has 0 fully saturated rings. The maximum Gasteiger partial charge on any atom is 0.230 e. The van der Waals surface area contributed by atoms with Gasteiger partial charge in [0, 0.05) is 12.3 Å². The van der Waals surface area contributed by atoms with E-state index in [1.54, 1.807) is 11.8 Å². The quantitative estimate of drug-likeness (QED) is 0.871. The molecule has 1 aliphatic rings. The molecule has 1 N–H and O–H groups in total. The molecule has 6 heteroatoms. The van der Waals surface area contributed by atoms with Gasteiger partial charge in [0.2, 0.25) is 5.91 Å². The molecule has 0 unspecified atom stereocenters. The van der Waals surface area contributed by atoms with Crippen molar-refractivity contribution in [1.82, 2.24) is 5.32 Å². The van der Waals surface area contributed by atoms with E-state index in [0.29, 0.717) is 47.2 Å². The van der Waals surface area contributed by atoms with Crippen molar-refractivity contribution in [2.45, 2.75) is 19.6 Å². The number of ether oxygens (including phenoxy) is 2. The number of benzene rings is 1. The van der Waals surface area contributed by atoms with Gasteiger partial charge in [-0.15, -0.1) is 11.8 Å². The molecule has 0 saturated carbocycles. The lowest BCUT2D eigenvalue weighted by Gasteiger charge is -2.20.